The van der Waals surface area contributed by atoms with Crippen LogP contribution in [0.25, 0.3) is 0 Å². The highest BCUT2D eigenvalue weighted by atomic mass is 19.4. The van der Waals surface area contributed by atoms with Gasteiger partial charge in [-0.25, -0.2) is 4.98 Å². The number of aromatic nitrogens is 2. The van der Waals surface area contributed by atoms with E-state index in [4.69, 9.17) is 0 Å². The molecule has 0 fully saturated rings. The second kappa shape index (κ2) is 5.42. The summed E-state index contributed by atoms with van der Waals surface area (Å²) in [7, 11) is 0. The molecule has 2 rings (SSSR count). The number of halogens is 3. The molecule has 2 aromatic rings. The van der Waals surface area contributed by atoms with Crippen molar-refractivity contribution in [2.24, 2.45) is 0 Å². The van der Waals surface area contributed by atoms with E-state index >= 15 is 0 Å². The van der Waals surface area contributed by atoms with Crippen molar-refractivity contribution in [2.45, 2.75) is 39.9 Å². The first-order chi connectivity index (χ1) is 9.68. The maximum absolute atomic E-state index is 12.8. The minimum absolute atomic E-state index is 0.166. The second-order valence-corrected chi connectivity index (χ2v) is 5.36. The minimum atomic E-state index is -4.35. The lowest BCUT2D eigenvalue weighted by Crippen LogP contribution is -2.08. The summed E-state index contributed by atoms with van der Waals surface area (Å²) in [4.78, 5) is 4.33. The van der Waals surface area contributed by atoms with Crippen LogP contribution in [-0.2, 0) is 6.18 Å². The average molecular weight is 297 g/mol. The number of anilines is 2. The number of imidazole rings is 1. The summed E-state index contributed by atoms with van der Waals surface area (Å²) >= 11 is 0. The highest BCUT2D eigenvalue weighted by Gasteiger charge is 2.30. The van der Waals surface area contributed by atoms with Crippen molar-refractivity contribution in [2.75, 3.05) is 5.32 Å². The lowest BCUT2D eigenvalue weighted by atomic mass is 10.1. The highest BCUT2D eigenvalue weighted by Crippen LogP contribution is 2.33. The Balaban J connectivity index is 2.40. The van der Waals surface area contributed by atoms with Gasteiger partial charge in [0.15, 0.2) is 0 Å². The van der Waals surface area contributed by atoms with Crippen molar-refractivity contribution in [1.82, 2.24) is 9.55 Å². The average Bonchev–Trinajstić information content (AvgIpc) is 2.72. The molecule has 0 amide bonds. The summed E-state index contributed by atoms with van der Waals surface area (Å²) in [5, 5.41) is 3.01. The molecule has 0 bridgehead atoms. The first kappa shape index (κ1) is 15.4. The number of benzene rings is 1. The summed E-state index contributed by atoms with van der Waals surface area (Å²) in [5.74, 6) is 0.546. The monoisotopic (exact) mass is 297 g/mol. The van der Waals surface area contributed by atoms with Crippen molar-refractivity contribution in [3.63, 3.8) is 0 Å². The Kier molecular flexibility index (Phi) is 3.98. The van der Waals surface area contributed by atoms with E-state index in [1.807, 2.05) is 31.5 Å². The lowest BCUT2D eigenvalue weighted by molar-refractivity contribution is -0.137. The van der Waals surface area contributed by atoms with Gasteiger partial charge in [-0.15, -0.1) is 0 Å². The van der Waals surface area contributed by atoms with E-state index in [9.17, 15) is 13.2 Å². The van der Waals surface area contributed by atoms with Gasteiger partial charge in [-0.1, -0.05) is 6.07 Å². The van der Waals surface area contributed by atoms with Crippen molar-refractivity contribution in [3.8, 4) is 0 Å². The standard InChI is InChI=1S/C15H18F3N3/c1-9(2)21-8-11(4)19-14(21)20-13-7-12(15(16,17)18)6-5-10(13)3/h5-9H,1-4H3,(H,19,20). The Morgan fingerprint density at radius 2 is 1.86 bits per heavy atom. The molecule has 1 aromatic carbocycles. The molecule has 0 radical (unpaired) electrons. The molecule has 0 unspecified atom stereocenters. The molecule has 1 aromatic heterocycles. The predicted molar refractivity (Wildman–Crippen MR) is 76.8 cm³/mol. The number of rotatable bonds is 3. The van der Waals surface area contributed by atoms with Crippen molar-refractivity contribution >= 4 is 11.6 Å². The maximum Gasteiger partial charge on any atom is 0.416 e. The van der Waals surface area contributed by atoms with Crippen LogP contribution in [0.1, 0.15) is 36.7 Å². The van der Waals surface area contributed by atoms with Gasteiger partial charge in [0.05, 0.1) is 11.3 Å². The Morgan fingerprint density at radius 1 is 1.19 bits per heavy atom. The van der Waals surface area contributed by atoms with Crippen LogP contribution < -0.4 is 5.32 Å². The minimum Gasteiger partial charge on any atom is -0.325 e. The maximum atomic E-state index is 12.8. The van der Waals surface area contributed by atoms with Crippen LogP contribution in [0.5, 0.6) is 0 Å². The third-order valence-corrected chi connectivity index (χ3v) is 3.22. The third kappa shape index (κ3) is 3.37. The van der Waals surface area contributed by atoms with Gasteiger partial charge in [-0.3, -0.25) is 0 Å². The van der Waals surface area contributed by atoms with E-state index in [1.165, 1.54) is 6.07 Å². The topological polar surface area (TPSA) is 29.9 Å². The van der Waals surface area contributed by atoms with E-state index < -0.39 is 11.7 Å². The number of nitrogens with zero attached hydrogens (tertiary/aromatic N) is 2. The summed E-state index contributed by atoms with van der Waals surface area (Å²) in [6.07, 6.45) is -2.48. The third-order valence-electron chi connectivity index (χ3n) is 3.22. The molecule has 0 saturated carbocycles. The van der Waals surface area contributed by atoms with Crippen molar-refractivity contribution in [3.05, 3.63) is 41.2 Å². The smallest absolute Gasteiger partial charge is 0.325 e. The van der Waals surface area contributed by atoms with E-state index in [-0.39, 0.29) is 6.04 Å². The number of aryl methyl sites for hydroxylation is 2. The molecule has 0 aliphatic heterocycles. The fourth-order valence-corrected chi connectivity index (χ4v) is 2.06. The van der Waals surface area contributed by atoms with E-state index in [1.54, 1.807) is 6.92 Å². The fourth-order valence-electron chi connectivity index (χ4n) is 2.06. The molecule has 1 N–H and O–H groups in total. The highest BCUT2D eigenvalue weighted by molar-refractivity contribution is 5.60. The van der Waals surface area contributed by atoms with Gasteiger partial charge in [0, 0.05) is 17.9 Å². The molecule has 6 heteroatoms. The summed E-state index contributed by atoms with van der Waals surface area (Å²) < 4.78 is 40.3. The van der Waals surface area contributed by atoms with Gasteiger partial charge in [0.2, 0.25) is 5.95 Å². The Bertz CT molecular complexity index is 642. The molecular formula is C15H18F3N3. The van der Waals surface area contributed by atoms with Crippen LogP contribution in [0.15, 0.2) is 24.4 Å². The summed E-state index contributed by atoms with van der Waals surface area (Å²) in [6, 6.07) is 3.82. The fraction of sp³-hybridized carbons (Fsp3) is 0.400. The molecule has 0 saturated heterocycles. The van der Waals surface area contributed by atoms with Gasteiger partial charge < -0.3 is 9.88 Å². The molecule has 0 atom stereocenters. The normalized spacial score (nSPS) is 12.0. The number of hydrogen-bond donors (Lipinski definition) is 1. The molecule has 21 heavy (non-hydrogen) atoms. The zero-order valence-corrected chi connectivity index (χ0v) is 12.4. The number of alkyl halides is 3. The zero-order chi connectivity index (χ0) is 15.8. The molecule has 114 valence electrons. The van der Waals surface area contributed by atoms with Crippen LogP contribution in [0.2, 0.25) is 0 Å². The summed E-state index contributed by atoms with van der Waals surface area (Å²) in [5.41, 5.74) is 1.29. The first-order valence-electron chi connectivity index (χ1n) is 6.69. The van der Waals surface area contributed by atoms with Crippen LogP contribution in [0.3, 0.4) is 0 Å². The molecular weight excluding hydrogens is 279 g/mol. The van der Waals surface area contributed by atoms with Crippen molar-refractivity contribution < 1.29 is 13.2 Å². The number of nitrogens with one attached hydrogen (secondary N) is 1. The van der Waals surface area contributed by atoms with E-state index in [0.29, 0.717) is 11.6 Å². The van der Waals surface area contributed by atoms with E-state index in [0.717, 1.165) is 23.4 Å². The molecule has 1 heterocycles. The molecule has 0 aliphatic rings. The first-order valence-corrected chi connectivity index (χ1v) is 6.69. The Morgan fingerprint density at radius 3 is 2.43 bits per heavy atom. The molecule has 0 spiro atoms. The van der Waals surface area contributed by atoms with Crippen LogP contribution in [-0.4, -0.2) is 9.55 Å². The van der Waals surface area contributed by atoms with Crippen LogP contribution >= 0.6 is 0 Å². The van der Waals surface area contributed by atoms with Gasteiger partial charge in [0.1, 0.15) is 0 Å². The molecule has 3 nitrogen and oxygen atoms in total. The van der Waals surface area contributed by atoms with Gasteiger partial charge >= 0.3 is 6.18 Å². The quantitative estimate of drug-likeness (QED) is 0.878. The lowest BCUT2D eigenvalue weighted by Gasteiger charge is -2.15. The van der Waals surface area contributed by atoms with Crippen molar-refractivity contribution in [1.29, 1.82) is 0 Å². The largest absolute Gasteiger partial charge is 0.416 e. The van der Waals surface area contributed by atoms with Gasteiger partial charge in [-0.2, -0.15) is 13.2 Å². The van der Waals surface area contributed by atoms with E-state index in [2.05, 4.69) is 10.3 Å². The number of hydrogen-bond acceptors (Lipinski definition) is 2. The predicted octanol–water partition coefficient (Wildman–Crippen LogP) is 4.84. The SMILES string of the molecule is Cc1cn(C(C)C)c(Nc2cc(C(F)(F)F)ccc2C)n1. The van der Waals surface area contributed by atoms with Gasteiger partial charge in [0.25, 0.3) is 0 Å². The summed E-state index contributed by atoms with van der Waals surface area (Å²) in [6.45, 7) is 7.59. The van der Waals surface area contributed by atoms with Crippen LogP contribution in [0, 0.1) is 13.8 Å². The van der Waals surface area contributed by atoms with Gasteiger partial charge in [-0.05, 0) is 45.4 Å². The molecule has 0 aliphatic carbocycles. The second-order valence-electron chi connectivity index (χ2n) is 5.36. The van der Waals surface area contributed by atoms with Crippen LogP contribution in [0.4, 0.5) is 24.8 Å². The Hall–Kier alpha value is -1.98. The Labute approximate surface area is 121 Å². The zero-order valence-electron chi connectivity index (χ0n) is 12.4.